The third-order valence-electron chi connectivity index (χ3n) is 5.50. The van der Waals surface area contributed by atoms with Crippen molar-refractivity contribution in [2.45, 2.75) is 25.6 Å². The van der Waals surface area contributed by atoms with E-state index in [1.807, 2.05) is 85.1 Å². The van der Waals surface area contributed by atoms with Crippen LogP contribution in [0.1, 0.15) is 39.6 Å². The smallest absolute Gasteiger partial charge is 0.408 e. The summed E-state index contributed by atoms with van der Waals surface area (Å²) in [4.78, 5) is 12.7. The van der Waals surface area contributed by atoms with Gasteiger partial charge in [0.15, 0.2) is 0 Å². The number of aromatic nitrogens is 3. The van der Waals surface area contributed by atoms with E-state index in [0.717, 1.165) is 27.8 Å². The van der Waals surface area contributed by atoms with Gasteiger partial charge in [-0.1, -0.05) is 83.8 Å². The zero-order chi connectivity index (χ0) is 22.5. The number of carbonyl (C=O) groups excluding carboxylic acids is 1. The fourth-order valence-electron chi connectivity index (χ4n) is 3.86. The standard InChI is InChI=1S/C27H22N4O2/c32-27(28-17-24-19-31(30-29-24)18-20-8-2-1-3-9-20)33-26-16-23-12-5-4-10-21(23)14-15-22-11-6-7-13-25(22)26/h1-13,19,26H,16-18H2,(H,28,32). The summed E-state index contributed by atoms with van der Waals surface area (Å²) < 4.78 is 7.61. The molecule has 4 aromatic rings. The molecule has 6 heteroatoms. The van der Waals surface area contributed by atoms with Gasteiger partial charge in [-0.15, -0.1) is 5.10 Å². The molecule has 1 amide bonds. The van der Waals surface area contributed by atoms with E-state index in [1.54, 1.807) is 4.68 Å². The van der Waals surface area contributed by atoms with E-state index in [4.69, 9.17) is 4.74 Å². The van der Waals surface area contributed by atoms with Crippen molar-refractivity contribution in [2.24, 2.45) is 0 Å². The van der Waals surface area contributed by atoms with Crippen LogP contribution in [0.25, 0.3) is 0 Å². The Bertz CT molecular complexity index is 1330. The Kier molecular flexibility index (Phi) is 5.85. The molecule has 6 nitrogen and oxygen atoms in total. The second kappa shape index (κ2) is 9.41. The molecule has 0 fully saturated rings. The Morgan fingerprint density at radius 3 is 2.58 bits per heavy atom. The molecule has 1 atom stereocenters. The van der Waals surface area contributed by atoms with Crippen LogP contribution in [0.4, 0.5) is 4.79 Å². The first-order chi connectivity index (χ1) is 16.2. The molecule has 5 rings (SSSR count). The van der Waals surface area contributed by atoms with Gasteiger partial charge in [-0.3, -0.25) is 0 Å². The van der Waals surface area contributed by atoms with E-state index >= 15 is 0 Å². The molecule has 1 aliphatic rings. The number of amides is 1. The van der Waals surface area contributed by atoms with Crippen molar-refractivity contribution in [2.75, 3.05) is 0 Å². The summed E-state index contributed by atoms with van der Waals surface area (Å²) in [5, 5.41) is 11.1. The van der Waals surface area contributed by atoms with Gasteiger partial charge >= 0.3 is 6.09 Å². The van der Waals surface area contributed by atoms with E-state index in [1.165, 1.54) is 0 Å². The monoisotopic (exact) mass is 434 g/mol. The highest BCUT2D eigenvalue weighted by molar-refractivity contribution is 5.68. The number of ether oxygens (including phenoxy) is 1. The van der Waals surface area contributed by atoms with Gasteiger partial charge in [-0.25, -0.2) is 9.48 Å². The van der Waals surface area contributed by atoms with Crippen molar-refractivity contribution in [1.82, 2.24) is 20.3 Å². The van der Waals surface area contributed by atoms with Gasteiger partial charge in [0.25, 0.3) is 0 Å². The summed E-state index contributed by atoms with van der Waals surface area (Å²) >= 11 is 0. The number of carbonyl (C=O) groups is 1. The lowest BCUT2D eigenvalue weighted by Gasteiger charge is -2.21. The number of benzene rings is 3. The van der Waals surface area contributed by atoms with E-state index in [0.29, 0.717) is 18.7 Å². The zero-order valence-electron chi connectivity index (χ0n) is 17.9. The van der Waals surface area contributed by atoms with Crippen LogP contribution in [-0.4, -0.2) is 21.1 Å². The molecule has 0 saturated heterocycles. The number of rotatable bonds is 5. The molecule has 0 aliphatic heterocycles. The summed E-state index contributed by atoms with van der Waals surface area (Å²) in [5.41, 5.74) is 5.58. The molecule has 0 bridgehead atoms. The molecular formula is C27H22N4O2. The summed E-state index contributed by atoms with van der Waals surface area (Å²) in [6.07, 6.45) is 1.44. The maximum Gasteiger partial charge on any atom is 0.408 e. The van der Waals surface area contributed by atoms with Gasteiger partial charge in [0, 0.05) is 23.1 Å². The maximum absolute atomic E-state index is 12.7. The predicted octanol–water partition coefficient (Wildman–Crippen LogP) is 4.25. The Balaban J connectivity index is 1.26. The van der Waals surface area contributed by atoms with Crippen LogP contribution in [0.3, 0.4) is 0 Å². The summed E-state index contributed by atoms with van der Waals surface area (Å²) in [7, 11) is 0. The molecular weight excluding hydrogens is 412 g/mol. The van der Waals surface area contributed by atoms with Crippen LogP contribution < -0.4 is 5.32 Å². The molecule has 1 unspecified atom stereocenters. The van der Waals surface area contributed by atoms with Crippen LogP contribution >= 0.6 is 0 Å². The average molecular weight is 434 g/mol. The van der Waals surface area contributed by atoms with Gasteiger partial charge in [0.05, 0.1) is 19.3 Å². The molecule has 1 N–H and O–H groups in total. The first kappa shape index (κ1) is 20.5. The summed E-state index contributed by atoms with van der Waals surface area (Å²) in [6, 6.07) is 25.8. The van der Waals surface area contributed by atoms with Gasteiger partial charge in [0.2, 0.25) is 0 Å². The van der Waals surface area contributed by atoms with Crippen LogP contribution in [0.5, 0.6) is 0 Å². The lowest BCUT2D eigenvalue weighted by molar-refractivity contribution is 0.0967. The van der Waals surface area contributed by atoms with Gasteiger partial charge in [-0.2, -0.15) is 0 Å². The summed E-state index contributed by atoms with van der Waals surface area (Å²) in [6.45, 7) is 0.857. The van der Waals surface area contributed by atoms with Gasteiger partial charge in [0.1, 0.15) is 11.8 Å². The van der Waals surface area contributed by atoms with E-state index in [2.05, 4.69) is 27.5 Å². The third-order valence-corrected chi connectivity index (χ3v) is 5.50. The van der Waals surface area contributed by atoms with Crippen molar-refractivity contribution in [3.63, 3.8) is 0 Å². The van der Waals surface area contributed by atoms with Crippen LogP contribution in [-0.2, 0) is 24.2 Å². The Morgan fingerprint density at radius 2 is 1.70 bits per heavy atom. The van der Waals surface area contributed by atoms with Crippen molar-refractivity contribution in [3.05, 3.63) is 119 Å². The number of hydrogen-bond donors (Lipinski definition) is 1. The highest BCUT2D eigenvalue weighted by Crippen LogP contribution is 2.28. The first-order valence-corrected chi connectivity index (χ1v) is 10.8. The number of hydrogen-bond acceptors (Lipinski definition) is 4. The molecule has 0 radical (unpaired) electrons. The second-order valence-corrected chi connectivity index (χ2v) is 7.84. The van der Waals surface area contributed by atoms with Crippen LogP contribution in [0.2, 0.25) is 0 Å². The normalized spacial score (nSPS) is 14.0. The second-order valence-electron chi connectivity index (χ2n) is 7.84. The fourth-order valence-corrected chi connectivity index (χ4v) is 3.86. The number of fused-ring (bicyclic) bond motifs is 2. The lowest BCUT2D eigenvalue weighted by Crippen LogP contribution is -2.27. The molecule has 1 aromatic heterocycles. The zero-order valence-corrected chi connectivity index (χ0v) is 17.9. The van der Waals surface area contributed by atoms with E-state index in [9.17, 15) is 4.79 Å². The quantitative estimate of drug-likeness (QED) is 0.477. The third kappa shape index (κ3) is 4.94. The number of nitrogens with zero attached hydrogens (tertiary/aromatic N) is 3. The largest absolute Gasteiger partial charge is 0.441 e. The topological polar surface area (TPSA) is 69.0 Å². The molecule has 0 saturated carbocycles. The maximum atomic E-state index is 12.7. The van der Waals surface area contributed by atoms with Crippen molar-refractivity contribution >= 4 is 6.09 Å². The first-order valence-electron chi connectivity index (χ1n) is 10.8. The minimum absolute atomic E-state index is 0.235. The molecule has 0 spiro atoms. The highest BCUT2D eigenvalue weighted by Gasteiger charge is 2.22. The molecule has 162 valence electrons. The average Bonchev–Trinajstić information content (AvgIpc) is 3.28. The molecule has 33 heavy (non-hydrogen) atoms. The van der Waals surface area contributed by atoms with Gasteiger partial charge < -0.3 is 10.1 Å². The Labute approximate surface area is 192 Å². The van der Waals surface area contributed by atoms with Crippen molar-refractivity contribution in [3.8, 4) is 11.8 Å². The Morgan fingerprint density at radius 1 is 0.970 bits per heavy atom. The molecule has 1 aliphatic carbocycles. The highest BCUT2D eigenvalue weighted by atomic mass is 16.6. The minimum Gasteiger partial charge on any atom is -0.441 e. The number of nitrogens with one attached hydrogen (secondary N) is 1. The minimum atomic E-state index is -0.501. The molecule has 1 heterocycles. The summed E-state index contributed by atoms with van der Waals surface area (Å²) in [5.74, 6) is 6.46. The van der Waals surface area contributed by atoms with Crippen molar-refractivity contribution < 1.29 is 9.53 Å². The fraction of sp³-hybridized carbons (Fsp3) is 0.148. The predicted molar refractivity (Wildman–Crippen MR) is 124 cm³/mol. The van der Waals surface area contributed by atoms with Gasteiger partial charge in [-0.05, 0) is 23.3 Å². The SMILES string of the molecule is O=C(NCc1cn(Cc2ccccc2)nn1)OC1Cc2ccccc2C#Cc2ccccc21. The van der Waals surface area contributed by atoms with Crippen LogP contribution in [0.15, 0.2) is 85.1 Å². The lowest BCUT2D eigenvalue weighted by atomic mass is 9.92. The van der Waals surface area contributed by atoms with E-state index in [-0.39, 0.29) is 6.54 Å². The van der Waals surface area contributed by atoms with Crippen molar-refractivity contribution in [1.29, 1.82) is 0 Å². The number of alkyl carbamates (subject to hydrolysis) is 1. The van der Waals surface area contributed by atoms with Crippen LogP contribution in [0, 0.1) is 11.8 Å². The van der Waals surface area contributed by atoms with E-state index < -0.39 is 12.2 Å². The Hall–Kier alpha value is -4.37. The molecule has 3 aromatic carbocycles.